The molecule has 1 atom stereocenters. The van der Waals surface area contributed by atoms with E-state index >= 15 is 0 Å². The van der Waals surface area contributed by atoms with Gasteiger partial charge in [0.15, 0.2) is 5.96 Å². The van der Waals surface area contributed by atoms with Crippen molar-refractivity contribution in [2.24, 2.45) is 10.9 Å². The Balaban J connectivity index is 2.00. The second-order valence-corrected chi connectivity index (χ2v) is 5.88. The fourth-order valence-corrected chi connectivity index (χ4v) is 2.02. The molecule has 21 heavy (non-hydrogen) atoms. The summed E-state index contributed by atoms with van der Waals surface area (Å²) in [5.74, 6) is 1.33. The Hall–Kier alpha value is -1.75. The van der Waals surface area contributed by atoms with Crippen molar-refractivity contribution in [2.75, 3.05) is 7.05 Å². The number of fused-ring (bicyclic) bond motifs is 1. The molecule has 2 rings (SSSR count). The highest BCUT2D eigenvalue weighted by Gasteiger charge is 2.09. The summed E-state index contributed by atoms with van der Waals surface area (Å²) in [6.45, 7) is 7.11. The van der Waals surface area contributed by atoms with Gasteiger partial charge in [0.25, 0.3) is 0 Å². The van der Waals surface area contributed by atoms with Gasteiger partial charge >= 0.3 is 0 Å². The maximum absolute atomic E-state index is 5.97. The van der Waals surface area contributed by atoms with Crippen LogP contribution in [0.15, 0.2) is 29.5 Å². The number of aliphatic imine (C=N–C) groups is 1. The van der Waals surface area contributed by atoms with Crippen LogP contribution < -0.4 is 10.6 Å². The van der Waals surface area contributed by atoms with Crippen molar-refractivity contribution in [3.8, 4) is 0 Å². The number of aromatic nitrogens is 2. The molecule has 0 saturated carbocycles. The van der Waals surface area contributed by atoms with Gasteiger partial charge < -0.3 is 15.0 Å². The average molecular weight is 308 g/mol. The topological polar surface area (TPSA) is 53.7 Å². The molecule has 2 aromatic heterocycles. The van der Waals surface area contributed by atoms with Crippen LogP contribution in [0.4, 0.5) is 0 Å². The number of rotatable bonds is 4. The normalized spacial score (nSPS) is 13.7. The van der Waals surface area contributed by atoms with E-state index in [-0.39, 0.29) is 0 Å². The molecular formula is C15H22ClN5. The second-order valence-electron chi connectivity index (χ2n) is 5.45. The highest BCUT2D eigenvalue weighted by atomic mass is 35.5. The first kappa shape index (κ1) is 15.6. The summed E-state index contributed by atoms with van der Waals surface area (Å²) in [6, 6.07) is 4.10. The van der Waals surface area contributed by atoms with Gasteiger partial charge in [0, 0.05) is 25.5 Å². The van der Waals surface area contributed by atoms with E-state index in [1.165, 1.54) is 0 Å². The van der Waals surface area contributed by atoms with E-state index in [1.807, 2.05) is 28.9 Å². The summed E-state index contributed by atoms with van der Waals surface area (Å²) < 4.78 is 1.92. The van der Waals surface area contributed by atoms with Crippen LogP contribution in [0, 0.1) is 5.92 Å². The first-order chi connectivity index (χ1) is 9.99. The zero-order valence-electron chi connectivity index (χ0n) is 12.9. The molecule has 0 fully saturated rings. The third-order valence-electron chi connectivity index (χ3n) is 3.49. The summed E-state index contributed by atoms with van der Waals surface area (Å²) in [5.41, 5.74) is 1.83. The fourth-order valence-electron chi connectivity index (χ4n) is 1.85. The van der Waals surface area contributed by atoms with Crippen molar-refractivity contribution in [1.82, 2.24) is 20.0 Å². The molecule has 0 aliphatic rings. The van der Waals surface area contributed by atoms with E-state index in [0.717, 1.165) is 17.3 Å². The minimum Gasteiger partial charge on any atom is -0.354 e. The molecule has 2 heterocycles. The molecule has 2 aromatic rings. The van der Waals surface area contributed by atoms with Crippen LogP contribution in [0.2, 0.25) is 5.02 Å². The molecule has 0 spiro atoms. The summed E-state index contributed by atoms with van der Waals surface area (Å²) in [7, 11) is 1.77. The molecule has 1 unspecified atom stereocenters. The predicted octanol–water partition coefficient (Wildman–Crippen LogP) is 2.70. The van der Waals surface area contributed by atoms with E-state index in [9.17, 15) is 0 Å². The number of nitrogens with zero attached hydrogens (tertiary/aromatic N) is 3. The van der Waals surface area contributed by atoms with Gasteiger partial charge in [-0.15, -0.1) is 0 Å². The first-order valence-electron chi connectivity index (χ1n) is 7.10. The highest BCUT2D eigenvalue weighted by molar-refractivity contribution is 6.30. The number of halogens is 1. The molecule has 0 saturated heterocycles. The lowest BCUT2D eigenvalue weighted by molar-refractivity contribution is 0.480. The van der Waals surface area contributed by atoms with Gasteiger partial charge in [-0.2, -0.15) is 0 Å². The molecule has 2 N–H and O–H groups in total. The molecule has 0 aromatic carbocycles. The van der Waals surface area contributed by atoms with Crippen molar-refractivity contribution < 1.29 is 0 Å². The highest BCUT2D eigenvalue weighted by Crippen LogP contribution is 2.11. The van der Waals surface area contributed by atoms with Crippen molar-refractivity contribution in [3.63, 3.8) is 0 Å². The third-order valence-corrected chi connectivity index (χ3v) is 3.71. The maximum Gasteiger partial charge on any atom is 0.191 e. The van der Waals surface area contributed by atoms with Crippen molar-refractivity contribution in [1.29, 1.82) is 0 Å². The monoisotopic (exact) mass is 307 g/mol. The van der Waals surface area contributed by atoms with E-state index in [2.05, 4.69) is 41.4 Å². The van der Waals surface area contributed by atoms with Crippen LogP contribution in [0.5, 0.6) is 0 Å². The van der Waals surface area contributed by atoms with Crippen LogP contribution in [0.25, 0.3) is 5.65 Å². The Bertz CT molecular complexity index is 632. The minimum atomic E-state index is 0.357. The predicted molar refractivity (Wildman–Crippen MR) is 87.8 cm³/mol. The van der Waals surface area contributed by atoms with Crippen LogP contribution in [0.3, 0.4) is 0 Å². The molecule has 6 heteroatoms. The minimum absolute atomic E-state index is 0.357. The molecular weight excluding hydrogens is 286 g/mol. The van der Waals surface area contributed by atoms with E-state index in [4.69, 9.17) is 11.6 Å². The first-order valence-corrected chi connectivity index (χ1v) is 7.47. The van der Waals surface area contributed by atoms with Crippen molar-refractivity contribution in [3.05, 3.63) is 35.2 Å². The fraction of sp³-hybridized carbons (Fsp3) is 0.467. The van der Waals surface area contributed by atoms with Crippen LogP contribution in [0.1, 0.15) is 26.5 Å². The van der Waals surface area contributed by atoms with Crippen molar-refractivity contribution >= 4 is 23.2 Å². The number of nitrogens with one attached hydrogen (secondary N) is 2. The molecule has 5 nitrogen and oxygen atoms in total. The van der Waals surface area contributed by atoms with Crippen LogP contribution in [-0.2, 0) is 6.54 Å². The Morgan fingerprint density at radius 1 is 1.33 bits per heavy atom. The molecule has 0 aliphatic heterocycles. The SMILES string of the molecule is CN=C(NCc1cn2cc(Cl)ccc2n1)NC(C)C(C)C. The van der Waals surface area contributed by atoms with Gasteiger partial charge in [-0.25, -0.2) is 4.98 Å². The summed E-state index contributed by atoms with van der Waals surface area (Å²) >= 11 is 5.97. The zero-order valence-corrected chi connectivity index (χ0v) is 13.6. The summed E-state index contributed by atoms with van der Waals surface area (Å²) in [6.07, 6.45) is 3.81. The van der Waals surface area contributed by atoms with Crippen LogP contribution >= 0.6 is 11.6 Å². The number of hydrogen-bond acceptors (Lipinski definition) is 2. The molecule has 0 bridgehead atoms. The largest absolute Gasteiger partial charge is 0.354 e. The molecule has 0 radical (unpaired) electrons. The van der Waals surface area contributed by atoms with Gasteiger partial charge in [-0.05, 0) is 25.0 Å². The maximum atomic E-state index is 5.97. The van der Waals surface area contributed by atoms with Crippen molar-refractivity contribution in [2.45, 2.75) is 33.4 Å². The third kappa shape index (κ3) is 4.11. The standard InChI is InChI=1S/C15H22ClN5/c1-10(2)11(3)19-15(17-4)18-7-13-9-21-8-12(16)5-6-14(21)20-13/h5-6,8-11H,7H2,1-4H3,(H2,17,18,19). The lowest BCUT2D eigenvalue weighted by atomic mass is 10.1. The number of pyridine rings is 1. The molecule has 0 amide bonds. The Morgan fingerprint density at radius 2 is 2.10 bits per heavy atom. The number of hydrogen-bond donors (Lipinski definition) is 2. The zero-order chi connectivity index (χ0) is 15.4. The average Bonchev–Trinajstić information content (AvgIpc) is 2.84. The second kappa shape index (κ2) is 6.80. The lowest BCUT2D eigenvalue weighted by Gasteiger charge is -2.20. The quantitative estimate of drug-likeness (QED) is 0.674. The van der Waals surface area contributed by atoms with E-state index < -0.39 is 0 Å². The number of guanidine groups is 1. The van der Waals surface area contributed by atoms with E-state index in [1.54, 1.807) is 7.05 Å². The number of imidazole rings is 1. The lowest BCUT2D eigenvalue weighted by Crippen LogP contribution is -2.43. The van der Waals surface area contributed by atoms with Gasteiger partial charge in [-0.1, -0.05) is 25.4 Å². The molecule has 0 aliphatic carbocycles. The van der Waals surface area contributed by atoms with Gasteiger partial charge in [0.1, 0.15) is 5.65 Å². The van der Waals surface area contributed by atoms with Gasteiger partial charge in [0.05, 0.1) is 17.3 Å². The Labute approximate surface area is 130 Å². The van der Waals surface area contributed by atoms with Gasteiger partial charge in [-0.3, -0.25) is 4.99 Å². The molecule has 114 valence electrons. The summed E-state index contributed by atoms with van der Waals surface area (Å²) in [4.78, 5) is 8.77. The van der Waals surface area contributed by atoms with E-state index in [0.29, 0.717) is 23.5 Å². The van der Waals surface area contributed by atoms with Gasteiger partial charge in [0.2, 0.25) is 0 Å². The Morgan fingerprint density at radius 3 is 2.76 bits per heavy atom. The summed E-state index contributed by atoms with van der Waals surface area (Å²) in [5, 5.41) is 7.34. The Kier molecular flexibility index (Phi) is 5.07. The smallest absolute Gasteiger partial charge is 0.191 e. The van der Waals surface area contributed by atoms with Crippen LogP contribution in [-0.4, -0.2) is 28.4 Å².